The molecule has 6 nitrogen and oxygen atoms in total. The molecule has 1 fully saturated rings. The van der Waals surface area contributed by atoms with E-state index in [0.717, 1.165) is 55.2 Å². The van der Waals surface area contributed by atoms with Crippen LogP contribution in [0.1, 0.15) is 62.0 Å². The topological polar surface area (TPSA) is 63.7 Å². The summed E-state index contributed by atoms with van der Waals surface area (Å²) < 4.78 is 11.2. The van der Waals surface area contributed by atoms with Crippen LogP contribution in [-0.2, 0) is 0 Å². The first-order valence-electron chi connectivity index (χ1n) is 10.8. The number of hydrogen-bond acceptors (Lipinski definition) is 5. The molecule has 0 aliphatic carbocycles. The van der Waals surface area contributed by atoms with Crippen LogP contribution >= 0.6 is 0 Å². The molecule has 2 aromatic rings. The second-order valence-corrected chi connectivity index (χ2v) is 8.03. The van der Waals surface area contributed by atoms with Crippen LogP contribution in [0.25, 0.3) is 0 Å². The van der Waals surface area contributed by atoms with Gasteiger partial charge in [0.1, 0.15) is 5.82 Å². The highest BCUT2D eigenvalue weighted by atomic mass is 16.5. The second kappa shape index (κ2) is 10.3. The lowest BCUT2D eigenvalue weighted by Gasteiger charge is -2.30. The molecular formula is C24H33N3O3. The Bertz CT molecular complexity index is 830. The third-order valence-corrected chi connectivity index (χ3v) is 5.60. The van der Waals surface area contributed by atoms with Gasteiger partial charge in [0.25, 0.3) is 5.91 Å². The number of benzene rings is 1. The highest BCUT2D eigenvalue weighted by Gasteiger charge is 2.21. The van der Waals surface area contributed by atoms with Gasteiger partial charge < -0.3 is 19.7 Å². The van der Waals surface area contributed by atoms with Crippen LogP contribution in [0.4, 0.5) is 5.82 Å². The highest BCUT2D eigenvalue weighted by Crippen LogP contribution is 2.31. The third kappa shape index (κ3) is 5.43. The number of nitrogens with one attached hydrogen (secondary N) is 1. The number of nitrogens with zero attached hydrogens (tertiary/aromatic N) is 2. The summed E-state index contributed by atoms with van der Waals surface area (Å²) in [5.74, 6) is 2.98. The molecule has 1 atom stereocenters. The van der Waals surface area contributed by atoms with Crippen LogP contribution in [0.3, 0.4) is 0 Å². The van der Waals surface area contributed by atoms with Gasteiger partial charge in [-0.3, -0.25) is 4.79 Å². The third-order valence-electron chi connectivity index (χ3n) is 5.60. The molecule has 6 heteroatoms. The Balaban J connectivity index is 1.63. The molecular weight excluding hydrogens is 378 g/mol. The van der Waals surface area contributed by atoms with Gasteiger partial charge in [0.2, 0.25) is 0 Å². The molecule has 3 rings (SSSR count). The van der Waals surface area contributed by atoms with Crippen LogP contribution < -0.4 is 14.8 Å². The van der Waals surface area contributed by atoms with Crippen molar-refractivity contribution in [1.82, 2.24) is 9.88 Å². The number of hydrogen-bond donors (Lipinski definition) is 1. The first-order valence-corrected chi connectivity index (χ1v) is 10.8. The summed E-state index contributed by atoms with van der Waals surface area (Å²) in [5.41, 5.74) is 1.71. The summed E-state index contributed by atoms with van der Waals surface area (Å²) in [6.45, 7) is 8.71. The van der Waals surface area contributed by atoms with Crippen molar-refractivity contribution in [3.05, 3.63) is 47.7 Å². The summed E-state index contributed by atoms with van der Waals surface area (Å²) in [4.78, 5) is 19.1. The Kier molecular flexibility index (Phi) is 7.55. The number of methoxy groups -OCH3 is 1. The lowest BCUT2D eigenvalue weighted by molar-refractivity contribution is 0.0697. The minimum absolute atomic E-state index is 0.0248. The molecule has 1 N–H and O–H groups in total. The van der Waals surface area contributed by atoms with Crippen LogP contribution in [-0.4, -0.2) is 42.6 Å². The smallest absolute Gasteiger partial charge is 0.255 e. The molecule has 162 valence electrons. The van der Waals surface area contributed by atoms with Crippen molar-refractivity contribution in [2.75, 3.05) is 32.1 Å². The number of pyridine rings is 1. The maximum Gasteiger partial charge on any atom is 0.255 e. The van der Waals surface area contributed by atoms with Crippen molar-refractivity contribution in [1.29, 1.82) is 0 Å². The number of amides is 1. The molecule has 0 saturated carbocycles. The maximum atomic E-state index is 12.7. The van der Waals surface area contributed by atoms with Crippen molar-refractivity contribution in [3.8, 4) is 11.5 Å². The zero-order valence-electron chi connectivity index (χ0n) is 18.5. The summed E-state index contributed by atoms with van der Waals surface area (Å²) >= 11 is 0. The molecule has 1 unspecified atom stereocenters. The largest absolute Gasteiger partial charge is 0.493 e. The number of ether oxygens (including phenoxy) is 2. The molecule has 1 aliphatic heterocycles. The molecule has 1 aliphatic rings. The first-order chi connectivity index (χ1) is 14.5. The number of carbonyl (C=O) groups excluding carboxylic acids is 1. The molecule has 0 bridgehead atoms. The maximum absolute atomic E-state index is 12.7. The minimum Gasteiger partial charge on any atom is -0.493 e. The predicted octanol–water partition coefficient (Wildman–Crippen LogP) is 4.92. The zero-order valence-corrected chi connectivity index (χ0v) is 18.5. The van der Waals surface area contributed by atoms with E-state index in [9.17, 15) is 4.79 Å². The van der Waals surface area contributed by atoms with Gasteiger partial charge in [-0.25, -0.2) is 4.98 Å². The average molecular weight is 412 g/mol. The molecule has 0 spiro atoms. The molecule has 1 saturated heterocycles. The SMILES string of the molecule is CCCOc1ccc(C(C)Nc2ccc(C(=O)N3CCC(C)CC3)cn2)cc1OC. The molecule has 2 heterocycles. The standard InChI is InChI=1S/C24H33N3O3/c1-5-14-30-21-8-6-19(15-22(21)29-4)18(3)26-23-9-7-20(16-25-23)24(28)27-12-10-17(2)11-13-27/h6-9,15-18H,5,10-14H2,1-4H3,(H,25,26). The highest BCUT2D eigenvalue weighted by molar-refractivity contribution is 5.94. The van der Waals surface area contributed by atoms with Gasteiger partial charge in [-0.2, -0.15) is 0 Å². The van der Waals surface area contributed by atoms with E-state index in [1.54, 1.807) is 13.3 Å². The fraction of sp³-hybridized carbons (Fsp3) is 0.500. The number of piperidine rings is 1. The van der Waals surface area contributed by atoms with E-state index in [0.29, 0.717) is 18.1 Å². The number of rotatable bonds is 8. The lowest BCUT2D eigenvalue weighted by Crippen LogP contribution is -2.37. The Labute approximate surface area is 179 Å². The van der Waals surface area contributed by atoms with Crippen molar-refractivity contribution in [3.63, 3.8) is 0 Å². The summed E-state index contributed by atoms with van der Waals surface area (Å²) in [7, 11) is 1.65. The van der Waals surface area contributed by atoms with E-state index in [1.165, 1.54) is 0 Å². The summed E-state index contributed by atoms with van der Waals surface area (Å²) in [6, 6.07) is 9.70. The zero-order chi connectivity index (χ0) is 21.5. The van der Waals surface area contributed by atoms with Gasteiger partial charge in [0, 0.05) is 19.3 Å². The van der Waals surface area contributed by atoms with E-state index < -0.39 is 0 Å². The predicted molar refractivity (Wildman–Crippen MR) is 119 cm³/mol. The quantitative estimate of drug-likeness (QED) is 0.668. The van der Waals surface area contributed by atoms with Gasteiger partial charge in [0.15, 0.2) is 11.5 Å². The average Bonchev–Trinajstić information content (AvgIpc) is 2.78. The number of carbonyl (C=O) groups is 1. The molecule has 0 radical (unpaired) electrons. The monoisotopic (exact) mass is 411 g/mol. The summed E-state index contributed by atoms with van der Waals surface area (Å²) in [5, 5.41) is 3.39. The van der Waals surface area contributed by atoms with E-state index in [4.69, 9.17) is 9.47 Å². The molecule has 30 heavy (non-hydrogen) atoms. The van der Waals surface area contributed by atoms with Crippen molar-refractivity contribution < 1.29 is 14.3 Å². The molecule has 1 aromatic carbocycles. The minimum atomic E-state index is 0.0248. The number of aromatic nitrogens is 1. The fourth-order valence-corrected chi connectivity index (χ4v) is 3.59. The Morgan fingerprint density at radius 3 is 2.63 bits per heavy atom. The first kappa shape index (κ1) is 21.9. The van der Waals surface area contributed by atoms with Crippen molar-refractivity contribution in [2.24, 2.45) is 5.92 Å². The van der Waals surface area contributed by atoms with E-state index in [1.807, 2.05) is 35.2 Å². The van der Waals surface area contributed by atoms with Crippen LogP contribution in [0.5, 0.6) is 11.5 Å². The number of anilines is 1. The van der Waals surface area contributed by atoms with Crippen LogP contribution in [0.2, 0.25) is 0 Å². The second-order valence-electron chi connectivity index (χ2n) is 8.03. The van der Waals surface area contributed by atoms with Gasteiger partial charge in [0.05, 0.1) is 25.3 Å². The van der Waals surface area contributed by atoms with E-state index in [2.05, 4.69) is 31.1 Å². The molecule has 1 aromatic heterocycles. The summed E-state index contributed by atoms with van der Waals surface area (Å²) in [6.07, 6.45) is 4.76. The van der Waals surface area contributed by atoms with Crippen LogP contribution in [0, 0.1) is 5.92 Å². The lowest BCUT2D eigenvalue weighted by atomic mass is 9.99. The van der Waals surface area contributed by atoms with Gasteiger partial charge in [-0.15, -0.1) is 0 Å². The van der Waals surface area contributed by atoms with Gasteiger partial charge in [-0.1, -0.05) is 19.9 Å². The fourth-order valence-electron chi connectivity index (χ4n) is 3.59. The Hall–Kier alpha value is -2.76. The van der Waals surface area contributed by atoms with E-state index in [-0.39, 0.29) is 11.9 Å². The van der Waals surface area contributed by atoms with Crippen molar-refractivity contribution >= 4 is 11.7 Å². The number of likely N-dealkylation sites (tertiary alicyclic amines) is 1. The van der Waals surface area contributed by atoms with Crippen molar-refractivity contribution in [2.45, 2.75) is 46.1 Å². The van der Waals surface area contributed by atoms with Gasteiger partial charge in [-0.05, 0) is 61.9 Å². The van der Waals surface area contributed by atoms with Crippen LogP contribution in [0.15, 0.2) is 36.5 Å². The normalized spacial score (nSPS) is 15.5. The molecule has 1 amide bonds. The van der Waals surface area contributed by atoms with Gasteiger partial charge >= 0.3 is 0 Å². The van der Waals surface area contributed by atoms with E-state index >= 15 is 0 Å². The Morgan fingerprint density at radius 1 is 1.23 bits per heavy atom. The Morgan fingerprint density at radius 2 is 2.00 bits per heavy atom.